The van der Waals surface area contributed by atoms with Gasteiger partial charge < -0.3 is 40.0 Å². The highest BCUT2D eigenvalue weighted by molar-refractivity contribution is 6.30. The summed E-state index contributed by atoms with van der Waals surface area (Å²) in [6.45, 7) is 11.2. The molecule has 0 unspecified atom stereocenters. The van der Waals surface area contributed by atoms with Crippen molar-refractivity contribution in [3.05, 3.63) is 75.2 Å². The van der Waals surface area contributed by atoms with Crippen molar-refractivity contribution in [1.82, 2.24) is 34.6 Å². The predicted octanol–water partition coefficient (Wildman–Crippen LogP) is 3.98. The van der Waals surface area contributed by atoms with Crippen LogP contribution in [0.1, 0.15) is 30.1 Å². The van der Waals surface area contributed by atoms with Gasteiger partial charge in [-0.3, -0.25) is 9.69 Å². The number of piperazine rings is 2. The summed E-state index contributed by atoms with van der Waals surface area (Å²) in [5.74, 6) is 0.473. The van der Waals surface area contributed by atoms with E-state index in [0.717, 1.165) is 101 Å². The summed E-state index contributed by atoms with van der Waals surface area (Å²) in [5, 5.41) is 14.6. The minimum Gasteiger partial charge on any atom is -0.387 e. The number of aliphatic hydroxyl groups excluding tert-OH is 1. The first kappa shape index (κ1) is 33.4. The second kappa shape index (κ2) is 14.4. The fourth-order valence-corrected chi connectivity index (χ4v) is 7.64. The van der Waals surface area contributed by atoms with Crippen molar-refractivity contribution in [3.8, 4) is 11.4 Å². The second-order valence-corrected chi connectivity index (χ2v) is 14.0. The van der Waals surface area contributed by atoms with E-state index in [9.17, 15) is 14.7 Å². The molecule has 0 saturated carbocycles. The predicted molar refractivity (Wildman–Crippen MR) is 195 cm³/mol. The summed E-state index contributed by atoms with van der Waals surface area (Å²) < 4.78 is 0. The molecule has 7 rings (SSSR count). The van der Waals surface area contributed by atoms with Crippen molar-refractivity contribution < 1.29 is 9.90 Å². The molecule has 1 atom stereocenters. The van der Waals surface area contributed by atoms with Gasteiger partial charge in [0.2, 0.25) is 0 Å². The maximum absolute atomic E-state index is 13.1. The molecule has 260 valence electrons. The van der Waals surface area contributed by atoms with Crippen LogP contribution in [-0.4, -0.2) is 131 Å². The molecule has 13 heteroatoms. The number of carbonyl (C=O) groups excluding carboxylic acids is 1. The largest absolute Gasteiger partial charge is 0.387 e. The third-order valence-corrected chi connectivity index (χ3v) is 10.6. The number of anilines is 2. The maximum Gasteiger partial charge on any atom is 0.320 e. The summed E-state index contributed by atoms with van der Waals surface area (Å²) in [4.78, 5) is 48.6. The van der Waals surface area contributed by atoms with Crippen molar-refractivity contribution >= 4 is 40.0 Å². The van der Waals surface area contributed by atoms with Gasteiger partial charge in [-0.25, -0.2) is 9.78 Å². The lowest BCUT2D eigenvalue weighted by molar-refractivity contribution is 0.0740. The van der Waals surface area contributed by atoms with Gasteiger partial charge in [0.05, 0.1) is 22.8 Å². The number of hydrogen-bond donors (Lipinski definition) is 4. The lowest BCUT2D eigenvalue weighted by Gasteiger charge is -2.44. The van der Waals surface area contributed by atoms with Crippen molar-refractivity contribution in [1.29, 1.82) is 0 Å². The van der Waals surface area contributed by atoms with Gasteiger partial charge in [0.1, 0.15) is 11.4 Å². The Kier molecular flexibility index (Phi) is 9.82. The molecule has 3 aliphatic rings. The molecule has 2 amide bonds. The van der Waals surface area contributed by atoms with Gasteiger partial charge >= 0.3 is 6.03 Å². The van der Waals surface area contributed by atoms with E-state index in [1.54, 1.807) is 30.5 Å². The van der Waals surface area contributed by atoms with Crippen LogP contribution in [0.25, 0.3) is 22.4 Å². The monoisotopic (exact) mass is 687 g/mol. The maximum atomic E-state index is 13.1. The highest BCUT2D eigenvalue weighted by Crippen LogP contribution is 2.31. The number of rotatable bonds is 7. The molecule has 12 nitrogen and oxygen atoms in total. The number of pyridine rings is 1. The summed E-state index contributed by atoms with van der Waals surface area (Å²) in [5.41, 5.74) is 5.27. The van der Waals surface area contributed by atoms with Gasteiger partial charge in [0.15, 0.2) is 0 Å². The average molecular weight is 688 g/mol. The molecule has 0 bridgehead atoms. The van der Waals surface area contributed by atoms with E-state index in [-0.39, 0.29) is 18.1 Å². The topological polar surface area (TPSA) is 127 Å². The third kappa shape index (κ3) is 7.28. The number of carbonyl (C=O) groups is 1. The molecule has 3 fully saturated rings. The standard InChI is InChI=1S/C36H46ClN9O3/c1-24-20-28(43-10-7-27(8-11-43)44-16-18-46(19-17-44)36(49)45-14-12-42(2)13-15-45)22-30-33(24)41-34(40-30)32-29(6-9-38-35(32)48)39-23-31(47)25-4-3-5-26(37)21-25/h3-6,9,20-22,27,31,47H,7-8,10-19,23H2,1-2H3,(H,40,41)(H2,38,39,48)/t31-/m1/s1. The van der Waals surface area contributed by atoms with E-state index >= 15 is 0 Å². The highest BCUT2D eigenvalue weighted by Gasteiger charge is 2.31. The van der Waals surface area contributed by atoms with Crippen molar-refractivity contribution in [2.45, 2.75) is 31.9 Å². The van der Waals surface area contributed by atoms with Crippen LogP contribution in [0, 0.1) is 6.92 Å². The molecule has 3 saturated heterocycles. The first-order valence-electron chi connectivity index (χ1n) is 17.3. The summed E-state index contributed by atoms with van der Waals surface area (Å²) in [7, 11) is 2.11. The summed E-state index contributed by atoms with van der Waals surface area (Å²) in [6.07, 6.45) is 2.93. The first-order chi connectivity index (χ1) is 23.7. The van der Waals surface area contributed by atoms with Crippen LogP contribution < -0.4 is 15.8 Å². The van der Waals surface area contributed by atoms with Gasteiger partial charge in [-0.15, -0.1) is 0 Å². The number of amides is 2. The Labute approximate surface area is 291 Å². The van der Waals surface area contributed by atoms with Gasteiger partial charge in [0.25, 0.3) is 5.56 Å². The van der Waals surface area contributed by atoms with Gasteiger partial charge in [-0.05, 0) is 68.3 Å². The molecule has 2 aromatic heterocycles. The molecule has 5 heterocycles. The van der Waals surface area contributed by atoms with Crippen LogP contribution in [0.15, 0.2) is 53.5 Å². The van der Waals surface area contributed by atoms with Gasteiger partial charge in [-0.1, -0.05) is 23.7 Å². The number of fused-ring (bicyclic) bond motifs is 1. The van der Waals surface area contributed by atoms with E-state index < -0.39 is 6.10 Å². The number of piperidine rings is 1. The smallest absolute Gasteiger partial charge is 0.320 e. The van der Waals surface area contributed by atoms with E-state index in [0.29, 0.717) is 33.7 Å². The van der Waals surface area contributed by atoms with Crippen LogP contribution in [-0.2, 0) is 0 Å². The Balaban J connectivity index is 0.986. The highest BCUT2D eigenvalue weighted by atomic mass is 35.5. The fraction of sp³-hybridized carbons (Fsp3) is 0.472. The molecule has 0 aliphatic carbocycles. The Morgan fingerprint density at radius 2 is 1.71 bits per heavy atom. The minimum atomic E-state index is -0.809. The van der Waals surface area contributed by atoms with Gasteiger partial charge in [-0.2, -0.15) is 0 Å². The molecule has 4 N–H and O–H groups in total. The Hall–Kier alpha value is -4.10. The molecule has 0 radical (unpaired) electrons. The third-order valence-electron chi connectivity index (χ3n) is 10.4. The number of likely N-dealkylation sites (N-methyl/N-ethyl adjacent to an activating group) is 1. The number of aromatic nitrogens is 3. The van der Waals surface area contributed by atoms with Crippen LogP contribution >= 0.6 is 11.6 Å². The van der Waals surface area contributed by atoms with E-state index in [2.05, 4.69) is 56.1 Å². The number of hydrogen-bond acceptors (Lipinski definition) is 8. The van der Waals surface area contributed by atoms with Crippen LogP contribution in [0.2, 0.25) is 5.02 Å². The zero-order valence-electron chi connectivity index (χ0n) is 28.3. The van der Waals surface area contributed by atoms with Crippen molar-refractivity contribution in [3.63, 3.8) is 0 Å². The minimum absolute atomic E-state index is 0.195. The molecular weight excluding hydrogens is 642 g/mol. The van der Waals surface area contributed by atoms with Crippen LogP contribution in [0.3, 0.4) is 0 Å². The number of halogens is 1. The number of imidazole rings is 1. The number of aromatic amines is 2. The molecule has 49 heavy (non-hydrogen) atoms. The summed E-state index contributed by atoms with van der Waals surface area (Å²) >= 11 is 6.11. The fourth-order valence-electron chi connectivity index (χ4n) is 7.44. The van der Waals surface area contributed by atoms with E-state index in [1.807, 2.05) is 15.9 Å². The quantitative estimate of drug-likeness (QED) is 0.230. The number of aliphatic hydroxyl groups is 1. The number of nitrogens with one attached hydrogen (secondary N) is 3. The molecular formula is C36H46ClN9O3. The number of H-pyrrole nitrogens is 2. The van der Waals surface area contributed by atoms with E-state index in [1.165, 1.54) is 0 Å². The average Bonchev–Trinajstić information content (AvgIpc) is 3.55. The second-order valence-electron chi connectivity index (χ2n) is 13.6. The Bertz CT molecular complexity index is 1840. The zero-order valence-corrected chi connectivity index (χ0v) is 29.0. The molecule has 3 aliphatic heterocycles. The Morgan fingerprint density at radius 1 is 1.00 bits per heavy atom. The normalized spacial score (nSPS) is 19.1. The number of nitrogens with zero attached hydrogens (tertiary/aromatic N) is 6. The lowest BCUT2D eigenvalue weighted by atomic mass is 10.0. The molecule has 2 aromatic carbocycles. The van der Waals surface area contributed by atoms with Crippen molar-refractivity contribution in [2.24, 2.45) is 0 Å². The van der Waals surface area contributed by atoms with Gasteiger partial charge in [0, 0.05) is 94.9 Å². The number of benzene rings is 2. The first-order valence-corrected chi connectivity index (χ1v) is 17.7. The van der Waals surface area contributed by atoms with Crippen LogP contribution in [0.4, 0.5) is 16.2 Å². The summed E-state index contributed by atoms with van der Waals surface area (Å²) in [6, 6.07) is 13.9. The lowest BCUT2D eigenvalue weighted by Crippen LogP contribution is -2.58. The van der Waals surface area contributed by atoms with E-state index in [4.69, 9.17) is 16.6 Å². The number of aryl methyl sites for hydroxylation is 1. The Morgan fingerprint density at radius 3 is 2.43 bits per heavy atom. The SMILES string of the molecule is Cc1cc(N2CCC(N3CCN(C(=O)N4CCN(C)CC4)CC3)CC2)cc2[nH]c(-c3c(NC[C@@H](O)c4cccc(Cl)c4)cc[nH]c3=O)nc12. The number of urea groups is 1. The van der Waals surface area contributed by atoms with Crippen LogP contribution in [0.5, 0.6) is 0 Å². The zero-order chi connectivity index (χ0) is 34.1. The molecule has 4 aromatic rings. The van der Waals surface area contributed by atoms with Crippen molar-refractivity contribution in [2.75, 3.05) is 89.3 Å². The molecule has 0 spiro atoms.